The van der Waals surface area contributed by atoms with Crippen LogP contribution in [0.25, 0.3) is 0 Å². The van der Waals surface area contributed by atoms with Crippen LogP contribution in [0.5, 0.6) is 0 Å². The maximum absolute atomic E-state index is 12.0. The molecule has 104 valence electrons. The van der Waals surface area contributed by atoms with Gasteiger partial charge in [0.2, 0.25) is 10.0 Å². The molecule has 1 aromatic heterocycles. The zero-order chi connectivity index (χ0) is 13.8. The van der Waals surface area contributed by atoms with Gasteiger partial charge in [-0.05, 0) is 33.9 Å². The Morgan fingerprint density at radius 3 is 2.78 bits per heavy atom. The molecule has 1 aromatic rings. The van der Waals surface area contributed by atoms with Gasteiger partial charge in [-0.2, -0.15) is 11.8 Å². The lowest BCUT2D eigenvalue weighted by atomic mass is 10.2. The van der Waals surface area contributed by atoms with E-state index in [0.29, 0.717) is 12.3 Å². The van der Waals surface area contributed by atoms with Crippen LogP contribution in [0.4, 0.5) is 0 Å². The van der Waals surface area contributed by atoms with Crippen LogP contribution in [-0.2, 0) is 16.6 Å². The molecule has 0 fully saturated rings. The molecule has 0 saturated heterocycles. The first-order valence-corrected chi connectivity index (χ1v) is 9.04. The summed E-state index contributed by atoms with van der Waals surface area (Å²) in [6.45, 7) is 2.56. The fourth-order valence-corrected chi connectivity index (χ4v) is 4.20. The summed E-state index contributed by atoms with van der Waals surface area (Å²) in [4.78, 5) is 0.0966. The van der Waals surface area contributed by atoms with Crippen molar-refractivity contribution >= 4 is 37.7 Å². The van der Waals surface area contributed by atoms with Crippen molar-refractivity contribution < 1.29 is 12.8 Å². The smallest absolute Gasteiger partial charge is 0.244 e. The summed E-state index contributed by atoms with van der Waals surface area (Å²) in [5, 5.41) is 0. The van der Waals surface area contributed by atoms with E-state index in [0.717, 1.165) is 5.75 Å². The molecule has 0 aliphatic carbocycles. The lowest BCUT2D eigenvalue weighted by Gasteiger charge is -2.10. The molecule has 18 heavy (non-hydrogen) atoms. The van der Waals surface area contributed by atoms with E-state index in [1.807, 2.05) is 13.2 Å². The quantitative estimate of drug-likeness (QED) is 0.777. The topological polar surface area (TPSA) is 85.3 Å². The second kappa shape index (κ2) is 6.95. The number of thioether (sulfide) groups is 1. The van der Waals surface area contributed by atoms with Gasteiger partial charge in [0.05, 0.1) is 6.54 Å². The Morgan fingerprint density at radius 2 is 2.28 bits per heavy atom. The highest BCUT2D eigenvalue weighted by molar-refractivity contribution is 9.10. The predicted octanol–water partition coefficient (Wildman–Crippen LogP) is 1.78. The molecule has 1 unspecified atom stereocenters. The summed E-state index contributed by atoms with van der Waals surface area (Å²) in [6, 6.07) is 1.44. The van der Waals surface area contributed by atoms with Crippen LogP contribution < -0.4 is 10.5 Å². The molecule has 0 aliphatic heterocycles. The van der Waals surface area contributed by atoms with Crippen molar-refractivity contribution in [2.75, 3.05) is 18.6 Å². The average Bonchev–Trinajstić information content (AvgIpc) is 2.69. The summed E-state index contributed by atoms with van der Waals surface area (Å²) in [5.74, 6) is 1.61. The van der Waals surface area contributed by atoms with Crippen LogP contribution >= 0.6 is 27.7 Å². The Bertz CT molecular complexity index is 487. The maximum Gasteiger partial charge on any atom is 0.244 e. The molecule has 0 amide bonds. The standard InChI is InChI=1S/C10H17BrN2O3S2/c1-7(6-17-2)5-13-18(14,15)9-3-8(4-12)16-10(9)11/h3,7,13H,4-6,12H2,1-2H3. The van der Waals surface area contributed by atoms with Crippen LogP contribution in [0.1, 0.15) is 12.7 Å². The van der Waals surface area contributed by atoms with Gasteiger partial charge in [-0.1, -0.05) is 6.92 Å². The molecule has 8 heteroatoms. The molecule has 1 rings (SSSR count). The number of furan rings is 1. The molecular formula is C10H17BrN2O3S2. The number of hydrogen-bond donors (Lipinski definition) is 2. The van der Waals surface area contributed by atoms with Gasteiger partial charge in [0.1, 0.15) is 10.7 Å². The van der Waals surface area contributed by atoms with Gasteiger partial charge in [-0.15, -0.1) is 0 Å². The Balaban J connectivity index is 2.76. The lowest BCUT2D eigenvalue weighted by Crippen LogP contribution is -2.29. The van der Waals surface area contributed by atoms with E-state index in [1.165, 1.54) is 6.07 Å². The molecule has 0 radical (unpaired) electrons. The summed E-state index contributed by atoms with van der Waals surface area (Å²) in [7, 11) is -3.55. The normalized spacial score (nSPS) is 13.8. The summed E-state index contributed by atoms with van der Waals surface area (Å²) in [6.07, 6.45) is 1.99. The number of hydrogen-bond acceptors (Lipinski definition) is 5. The second-order valence-corrected chi connectivity index (χ2v) is 7.33. The van der Waals surface area contributed by atoms with Crippen molar-refractivity contribution in [2.45, 2.75) is 18.4 Å². The van der Waals surface area contributed by atoms with E-state index < -0.39 is 10.0 Å². The first-order chi connectivity index (χ1) is 8.40. The number of sulfonamides is 1. The zero-order valence-corrected chi connectivity index (χ0v) is 13.5. The molecule has 3 N–H and O–H groups in total. The minimum Gasteiger partial charge on any atom is -0.452 e. The SMILES string of the molecule is CSCC(C)CNS(=O)(=O)c1cc(CN)oc1Br. The third kappa shape index (κ3) is 4.27. The Kier molecular flexibility index (Phi) is 6.19. The molecule has 0 spiro atoms. The van der Waals surface area contributed by atoms with E-state index in [1.54, 1.807) is 11.8 Å². The first kappa shape index (κ1) is 16.0. The maximum atomic E-state index is 12.0. The summed E-state index contributed by atoms with van der Waals surface area (Å²) >= 11 is 4.77. The van der Waals surface area contributed by atoms with Crippen LogP contribution in [-0.4, -0.2) is 27.0 Å². The van der Waals surface area contributed by atoms with Gasteiger partial charge in [0.15, 0.2) is 4.67 Å². The van der Waals surface area contributed by atoms with Crippen LogP contribution in [0, 0.1) is 5.92 Å². The molecule has 0 bridgehead atoms. The van der Waals surface area contributed by atoms with Gasteiger partial charge in [-0.25, -0.2) is 13.1 Å². The molecule has 0 saturated carbocycles. The van der Waals surface area contributed by atoms with Gasteiger partial charge in [0, 0.05) is 12.6 Å². The highest BCUT2D eigenvalue weighted by Gasteiger charge is 2.22. The van der Waals surface area contributed by atoms with Gasteiger partial charge in [-0.3, -0.25) is 0 Å². The van der Waals surface area contributed by atoms with Crippen molar-refractivity contribution in [3.63, 3.8) is 0 Å². The molecular weight excluding hydrogens is 340 g/mol. The highest BCUT2D eigenvalue weighted by atomic mass is 79.9. The van der Waals surface area contributed by atoms with E-state index in [-0.39, 0.29) is 22.0 Å². The Hall–Kier alpha value is -0.0200. The predicted molar refractivity (Wildman–Crippen MR) is 77.0 cm³/mol. The minimum absolute atomic E-state index is 0.0966. The molecule has 1 atom stereocenters. The summed E-state index contributed by atoms with van der Waals surface area (Å²) < 4.78 is 32.0. The molecule has 1 heterocycles. The Labute approximate surface area is 120 Å². The van der Waals surface area contributed by atoms with Crippen molar-refractivity contribution in [2.24, 2.45) is 11.7 Å². The van der Waals surface area contributed by atoms with E-state index in [4.69, 9.17) is 10.2 Å². The number of nitrogens with two attached hydrogens (primary N) is 1. The fourth-order valence-electron chi connectivity index (χ4n) is 1.35. The van der Waals surface area contributed by atoms with Crippen molar-refractivity contribution in [1.82, 2.24) is 4.72 Å². The lowest BCUT2D eigenvalue weighted by molar-refractivity contribution is 0.483. The monoisotopic (exact) mass is 356 g/mol. The van der Waals surface area contributed by atoms with Crippen molar-refractivity contribution in [1.29, 1.82) is 0 Å². The van der Waals surface area contributed by atoms with Crippen molar-refractivity contribution in [3.8, 4) is 0 Å². The number of nitrogens with one attached hydrogen (secondary N) is 1. The van der Waals surface area contributed by atoms with Crippen LogP contribution in [0.15, 0.2) is 20.0 Å². The minimum atomic E-state index is -3.55. The molecule has 0 aliphatic rings. The van der Waals surface area contributed by atoms with Gasteiger partial charge < -0.3 is 10.2 Å². The third-order valence-electron chi connectivity index (χ3n) is 2.27. The zero-order valence-electron chi connectivity index (χ0n) is 10.3. The van der Waals surface area contributed by atoms with Crippen molar-refractivity contribution in [3.05, 3.63) is 16.5 Å². The van der Waals surface area contributed by atoms with Crippen LogP contribution in [0.3, 0.4) is 0 Å². The van der Waals surface area contributed by atoms with Gasteiger partial charge in [0.25, 0.3) is 0 Å². The first-order valence-electron chi connectivity index (χ1n) is 5.37. The largest absolute Gasteiger partial charge is 0.452 e. The van der Waals surface area contributed by atoms with E-state index in [2.05, 4.69) is 20.7 Å². The van der Waals surface area contributed by atoms with E-state index >= 15 is 0 Å². The fraction of sp³-hybridized carbons (Fsp3) is 0.600. The van der Waals surface area contributed by atoms with E-state index in [9.17, 15) is 8.42 Å². The Morgan fingerprint density at radius 1 is 1.61 bits per heavy atom. The van der Waals surface area contributed by atoms with Crippen LogP contribution in [0.2, 0.25) is 0 Å². The summed E-state index contributed by atoms with van der Waals surface area (Å²) in [5.41, 5.74) is 5.40. The van der Waals surface area contributed by atoms with Gasteiger partial charge >= 0.3 is 0 Å². The third-order valence-corrected chi connectivity index (χ3v) is 5.45. The molecule has 0 aromatic carbocycles. The second-order valence-electron chi connectivity index (χ2n) is 3.97. The number of rotatable bonds is 7. The highest BCUT2D eigenvalue weighted by Crippen LogP contribution is 2.25. The number of halogens is 1. The average molecular weight is 357 g/mol. The molecule has 5 nitrogen and oxygen atoms in total.